The minimum atomic E-state index is 0.322. The number of anilines is 4. The first-order valence-corrected chi connectivity index (χ1v) is 12.4. The van der Waals surface area contributed by atoms with Crippen molar-refractivity contribution < 1.29 is 4.52 Å². The van der Waals surface area contributed by atoms with Gasteiger partial charge in [-0.05, 0) is 44.8 Å². The van der Waals surface area contributed by atoms with E-state index in [1.165, 1.54) is 18.5 Å². The zero-order chi connectivity index (χ0) is 23.9. The molecule has 0 unspecified atom stereocenters. The van der Waals surface area contributed by atoms with Gasteiger partial charge in [0.2, 0.25) is 5.95 Å². The fourth-order valence-corrected chi connectivity index (χ4v) is 3.73. The molecule has 4 rings (SSSR count). The highest BCUT2D eigenvalue weighted by Gasteiger charge is 2.25. The van der Waals surface area contributed by atoms with E-state index in [1.54, 1.807) is 0 Å². The molecule has 0 aliphatic heterocycles. The van der Waals surface area contributed by atoms with E-state index in [-0.39, 0.29) is 0 Å². The lowest BCUT2D eigenvalue weighted by Gasteiger charge is -2.18. The number of nitrogens with one attached hydrogen (secondary N) is 4. The Hall–Kier alpha value is -3.14. The van der Waals surface area contributed by atoms with E-state index in [0.717, 1.165) is 55.7 Å². The van der Waals surface area contributed by atoms with Gasteiger partial charge >= 0.3 is 0 Å². The number of nitrogens with zero attached hydrogens (tertiary/aromatic N) is 5. The van der Waals surface area contributed by atoms with E-state index in [4.69, 9.17) is 4.52 Å². The third-order valence-electron chi connectivity index (χ3n) is 6.04. The van der Waals surface area contributed by atoms with Gasteiger partial charge in [0.05, 0.1) is 12.2 Å². The molecule has 10 nitrogen and oxygen atoms in total. The van der Waals surface area contributed by atoms with Crippen LogP contribution in [0.3, 0.4) is 0 Å². The van der Waals surface area contributed by atoms with E-state index >= 15 is 0 Å². The second-order valence-corrected chi connectivity index (χ2v) is 9.10. The Labute approximate surface area is 201 Å². The fraction of sp³-hybridized carbons (Fsp3) is 0.583. The number of H-pyrrole nitrogens is 1. The molecule has 0 saturated heterocycles. The Kier molecular flexibility index (Phi) is 7.99. The molecule has 184 valence electrons. The Morgan fingerprint density at radius 2 is 1.85 bits per heavy atom. The largest absolute Gasteiger partial charge is 0.370 e. The summed E-state index contributed by atoms with van der Waals surface area (Å²) >= 11 is 0. The molecular formula is C24H37N9O. The van der Waals surface area contributed by atoms with Gasteiger partial charge in [-0.3, -0.25) is 5.10 Å². The first-order valence-electron chi connectivity index (χ1n) is 12.4. The van der Waals surface area contributed by atoms with Gasteiger partial charge in [0, 0.05) is 36.4 Å². The van der Waals surface area contributed by atoms with E-state index in [2.05, 4.69) is 79.9 Å². The molecule has 0 aromatic carbocycles. The first kappa shape index (κ1) is 24.0. The molecule has 4 N–H and O–H groups in total. The zero-order valence-corrected chi connectivity index (χ0v) is 20.7. The lowest BCUT2D eigenvalue weighted by Crippen LogP contribution is -2.25. The van der Waals surface area contributed by atoms with Gasteiger partial charge in [-0.25, -0.2) is 0 Å². The zero-order valence-electron chi connectivity index (χ0n) is 20.7. The first-order chi connectivity index (χ1) is 16.5. The lowest BCUT2D eigenvalue weighted by molar-refractivity contribution is 0.303. The third kappa shape index (κ3) is 6.69. The summed E-state index contributed by atoms with van der Waals surface area (Å²) in [5, 5.41) is 21.7. The van der Waals surface area contributed by atoms with Crippen molar-refractivity contribution in [1.82, 2.24) is 30.2 Å². The van der Waals surface area contributed by atoms with E-state index in [1.807, 2.05) is 12.1 Å². The van der Waals surface area contributed by atoms with Crippen LogP contribution in [0.25, 0.3) is 0 Å². The molecule has 1 aliphatic rings. The molecule has 1 saturated carbocycles. The molecule has 3 heterocycles. The monoisotopic (exact) mass is 467 g/mol. The SMILES string of the molecule is CCN(CC)CCCNc1cc(Nc2cc(C3CC3)[nH]n2)nc(NCc2cc(C(C)C)no2)n1. The van der Waals surface area contributed by atoms with Crippen LogP contribution < -0.4 is 16.0 Å². The Morgan fingerprint density at radius 3 is 2.56 bits per heavy atom. The standard InChI is InChI=1S/C24H37N9O/c1-5-33(6-2)11-7-10-25-21-14-22(27-23-13-20(30-31-23)17-8-9-17)29-24(28-21)26-15-18-12-19(16(3)4)32-34-18/h12-14,16-17H,5-11,15H2,1-4H3,(H4,25,26,27,28,29,30,31). The van der Waals surface area contributed by atoms with Crippen LogP contribution >= 0.6 is 0 Å². The number of aromatic nitrogens is 5. The second-order valence-electron chi connectivity index (χ2n) is 9.10. The highest BCUT2D eigenvalue weighted by molar-refractivity contribution is 5.59. The number of hydrogen-bond donors (Lipinski definition) is 4. The molecule has 0 atom stereocenters. The maximum Gasteiger partial charge on any atom is 0.227 e. The quantitative estimate of drug-likeness (QED) is 0.250. The van der Waals surface area contributed by atoms with Crippen LogP contribution in [-0.4, -0.2) is 56.4 Å². The van der Waals surface area contributed by atoms with E-state index in [0.29, 0.717) is 30.1 Å². The molecule has 3 aromatic heterocycles. The van der Waals surface area contributed by atoms with Crippen molar-refractivity contribution in [2.24, 2.45) is 0 Å². The third-order valence-corrected chi connectivity index (χ3v) is 6.04. The molecule has 1 fully saturated rings. The van der Waals surface area contributed by atoms with Gasteiger partial charge in [0.25, 0.3) is 0 Å². The molecule has 10 heteroatoms. The van der Waals surface area contributed by atoms with Crippen molar-refractivity contribution in [1.29, 1.82) is 0 Å². The minimum Gasteiger partial charge on any atom is -0.370 e. The molecule has 0 amide bonds. The molecule has 34 heavy (non-hydrogen) atoms. The van der Waals surface area contributed by atoms with Gasteiger partial charge in [0.1, 0.15) is 11.6 Å². The molecule has 0 bridgehead atoms. The number of aromatic amines is 1. The van der Waals surface area contributed by atoms with Crippen LogP contribution in [0.5, 0.6) is 0 Å². The topological polar surface area (TPSA) is 120 Å². The smallest absolute Gasteiger partial charge is 0.227 e. The highest BCUT2D eigenvalue weighted by atomic mass is 16.5. The Balaban J connectivity index is 1.42. The maximum absolute atomic E-state index is 5.44. The summed E-state index contributed by atoms with van der Waals surface area (Å²) in [6.45, 7) is 13.1. The van der Waals surface area contributed by atoms with Gasteiger partial charge in [-0.1, -0.05) is 32.9 Å². The van der Waals surface area contributed by atoms with Crippen LogP contribution in [-0.2, 0) is 6.54 Å². The average Bonchev–Trinajstić information content (AvgIpc) is 3.38. The Bertz CT molecular complexity index is 1040. The summed E-state index contributed by atoms with van der Waals surface area (Å²) in [6.07, 6.45) is 3.49. The number of rotatable bonds is 14. The predicted molar refractivity (Wildman–Crippen MR) is 135 cm³/mol. The summed E-state index contributed by atoms with van der Waals surface area (Å²) in [7, 11) is 0. The maximum atomic E-state index is 5.44. The van der Waals surface area contributed by atoms with Crippen LogP contribution in [0.15, 0.2) is 22.7 Å². The molecule has 0 spiro atoms. The molecular weight excluding hydrogens is 430 g/mol. The van der Waals surface area contributed by atoms with Crippen LogP contribution in [0.2, 0.25) is 0 Å². The second kappa shape index (κ2) is 11.3. The minimum absolute atomic E-state index is 0.322. The summed E-state index contributed by atoms with van der Waals surface area (Å²) in [4.78, 5) is 11.7. The van der Waals surface area contributed by atoms with Crippen LogP contribution in [0.4, 0.5) is 23.4 Å². The van der Waals surface area contributed by atoms with Gasteiger partial charge in [-0.2, -0.15) is 15.1 Å². The fourth-order valence-electron chi connectivity index (χ4n) is 3.73. The van der Waals surface area contributed by atoms with Crippen molar-refractivity contribution in [2.75, 3.05) is 42.1 Å². The summed E-state index contributed by atoms with van der Waals surface area (Å²) < 4.78 is 5.44. The van der Waals surface area contributed by atoms with E-state index < -0.39 is 0 Å². The van der Waals surface area contributed by atoms with Crippen molar-refractivity contribution >= 4 is 23.4 Å². The average molecular weight is 468 g/mol. The van der Waals surface area contributed by atoms with Gasteiger partial charge in [0.15, 0.2) is 11.6 Å². The molecule has 3 aromatic rings. The van der Waals surface area contributed by atoms with Crippen LogP contribution in [0.1, 0.15) is 75.9 Å². The van der Waals surface area contributed by atoms with Gasteiger partial charge in [-0.15, -0.1) is 0 Å². The Morgan fingerprint density at radius 1 is 1.06 bits per heavy atom. The molecule has 1 aliphatic carbocycles. The number of hydrogen-bond acceptors (Lipinski definition) is 9. The summed E-state index contributed by atoms with van der Waals surface area (Å²) in [5.41, 5.74) is 2.12. The predicted octanol–water partition coefficient (Wildman–Crippen LogP) is 4.69. The van der Waals surface area contributed by atoms with Crippen molar-refractivity contribution in [3.63, 3.8) is 0 Å². The lowest BCUT2D eigenvalue weighted by atomic mass is 10.1. The van der Waals surface area contributed by atoms with Gasteiger partial charge < -0.3 is 25.4 Å². The van der Waals surface area contributed by atoms with Crippen molar-refractivity contribution in [3.8, 4) is 0 Å². The highest BCUT2D eigenvalue weighted by Crippen LogP contribution is 2.39. The summed E-state index contributed by atoms with van der Waals surface area (Å²) in [5.74, 6) is 4.40. The summed E-state index contributed by atoms with van der Waals surface area (Å²) in [6, 6.07) is 5.95. The van der Waals surface area contributed by atoms with E-state index in [9.17, 15) is 0 Å². The van der Waals surface area contributed by atoms with Crippen molar-refractivity contribution in [2.45, 2.75) is 65.3 Å². The van der Waals surface area contributed by atoms with Crippen LogP contribution in [0, 0.1) is 0 Å². The molecule has 0 radical (unpaired) electrons. The van der Waals surface area contributed by atoms with Crippen molar-refractivity contribution in [3.05, 3.63) is 35.3 Å². The normalized spacial score (nSPS) is 13.6.